The van der Waals surface area contributed by atoms with E-state index in [-0.39, 0.29) is 25.2 Å². The zero-order valence-corrected chi connectivity index (χ0v) is 14.6. The highest BCUT2D eigenvalue weighted by atomic mass is 19.2. The lowest BCUT2D eigenvalue weighted by Crippen LogP contribution is -2.45. The maximum atomic E-state index is 13.4. The zero-order valence-electron chi connectivity index (χ0n) is 14.6. The first-order valence-corrected chi connectivity index (χ1v) is 8.12. The van der Waals surface area contributed by atoms with E-state index in [4.69, 9.17) is 5.11 Å². The molecule has 2 amide bonds. The number of amides is 2. The van der Waals surface area contributed by atoms with Gasteiger partial charge in [-0.05, 0) is 32.6 Å². The van der Waals surface area contributed by atoms with Gasteiger partial charge in [0, 0.05) is 31.4 Å². The second-order valence-electron chi connectivity index (χ2n) is 6.39. The number of aliphatic carboxylic acids is 1. The van der Waals surface area contributed by atoms with Crippen molar-refractivity contribution in [1.29, 1.82) is 0 Å². The molecular weight excluding hydrogens is 348 g/mol. The summed E-state index contributed by atoms with van der Waals surface area (Å²) in [5.41, 5.74) is 0.169. The van der Waals surface area contributed by atoms with Crippen LogP contribution in [0.25, 0.3) is 0 Å². The van der Waals surface area contributed by atoms with Crippen LogP contribution in [0.5, 0.6) is 0 Å². The highest BCUT2D eigenvalue weighted by Gasteiger charge is 2.40. The Morgan fingerprint density at radius 3 is 2.50 bits per heavy atom. The standard InChI is InChI=1S/C17H21F2N3O4/c1-20(2)7-8-21(10-15(23)24)16(25)12-5-6-22(17(12)26)11-3-4-13(18)14(19)9-11/h3-4,9,12H,5-8,10H2,1-2H3,(H,23,24)/t12-/m1/s1. The molecule has 0 spiro atoms. The maximum Gasteiger partial charge on any atom is 0.323 e. The predicted octanol–water partition coefficient (Wildman–Crippen LogP) is 0.793. The van der Waals surface area contributed by atoms with Crippen molar-refractivity contribution in [1.82, 2.24) is 9.80 Å². The van der Waals surface area contributed by atoms with Gasteiger partial charge < -0.3 is 19.8 Å². The molecule has 1 saturated heterocycles. The normalized spacial score (nSPS) is 17.0. The summed E-state index contributed by atoms with van der Waals surface area (Å²) in [4.78, 5) is 40.4. The molecule has 0 saturated carbocycles. The highest BCUT2D eigenvalue weighted by Crippen LogP contribution is 2.27. The van der Waals surface area contributed by atoms with Crippen LogP contribution in [-0.4, -0.2) is 73.0 Å². The van der Waals surface area contributed by atoms with Gasteiger partial charge in [-0.15, -0.1) is 0 Å². The van der Waals surface area contributed by atoms with Gasteiger partial charge in [-0.1, -0.05) is 0 Å². The Labute approximate surface area is 149 Å². The summed E-state index contributed by atoms with van der Waals surface area (Å²) in [5.74, 6) is -5.40. The van der Waals surface area contributed by atoms with Crippen molar-refractivity contribution < 1.29 is 28.3 Å². The third-order valence-electron chi connectivity index (χ3n) is 4.17. The molecular formula is C17H21F2N3O4. The van der Waals surface area contributed by atoms with E-state index in [9.17, 15) is 23.2 Å². The molecule has 0 aromatic heterocycles. The largest absolute Gasteiger partial charge is 0.480 e. The molecule has 1 aromatic rings. The topological polar surface area (TPSA) is 81.2 Å². The smallest absolute Gasteiger partial charge is 0.323 e. The van der Waals surface area contributed by atoms with Gasteiger partial charge in [0.25, 0.3) is 0 Å². The minimum atomic E-state index is -1.17. The van der Waals surface area contributed by atoms with Crippen LogP contribution in [0.1, 0.15) is 6.42 Å². The van der Waals surface area contributed by atoms with Crippen molar-refractivity contribution in [2.24, 2.45) is 5.92 Å². The first kappa shape index (κ1) is 19.8. The molecule has 1 N–H and O–H groups in total. The molecule has 142 valence electrons. The zero-order chi connectivity index (χ0) is 19.4. The Balaban J connectivity index is 2.14. The molecule has 1 fully saturated rings. The predicted molar refractivity (Wildman–Crippen MR) is 89.6 cm³/mol. The quantitative estimate of drug-likeness (QED) is 0.719. The molecule has 1 atom stereocenters. The van der Waals surface area contributed by atoms with E-state index in [1.54, 1.807) is 19.0 Å². The van der Waals surface area contributed by atoms with Crippen LogP contribution in [0.15, 0.2) is 18.2 Å². The Morgan fingerprint density at radius 1 is 1.23 bits per heavy atom. The van der Waals surface area contributed by atoms with Crippen LogP contribution < -0.4 is 4.90 Å². The van der Waals surface area contributed by atoms with Gasteiger partial charge in [-0.2, -0.15) is 0 Å². The number of likely N-dealkylation sites (N-methyl/N-ethyl adjacent to an activating group) is 1. The van der Waals surface area contributed by atoms with Gasteiger partial charge in [-0.3, -0.25) is 14.4 Å². The fourth-order valence-corrected chi connectivity index (χ4v) is 2.79. The number of benzene rings is 1. The Bertz CT molecular complexity index is 711. The first-order chi connectivity index (χ1) is 12.2. The van der Waals surface area contributed by atoms with Crippen molar-refractivity contribution >= 4 is 23.5 Å². The van der Waals surface area contributed by atoms with Crippen LogP contribution in [0.2, 0.25) is 0 Å². The SMILES string of the molecule is CN(C)CCN(CC(=O)O)C(=O)[C@H]1CCN(c2ccc(F)c(F)c2)C1=O. The molecule has 9 heteroatoms. The lowest BCUT2D eigenvalue weighted by Gasteiger charge is -2.25. The minimum absolute atomic E-state index is 0.169. The van der Waals surface area contributed by atoms with Gasteiger partial charge in [0.2, 0.25) is 11.8 Å². The van der Waals surface area contributed by atoms with Crippen molar-refractivity contribution in [3.05, 3.63) is 29.8 Å². The maximum absolute atomic E-state index is 13.4. The molecule has 0 bridgehead atoms. The fourth-order valence-electron chi connectivity index (χ4n) is 2.79. The molecule has 1 heterocycles. The molecule has 0 radical (unpaired) electrons. The third-order valence-corrected chi connectivity index (χ3v) is 4.17. The number of rotatable bonds is 7. The molecule has 2 rings (SSSR count). The summed E-state index contributed by atoms with van der Waals surface area (Å²) in [6.07, 6.45) is 0.189. The number of hydrogen-bond donors (Lipinski definition) is 1. The number of carbonyl (C=O) groups excluding carboxylic acids is 2. The van der Waals surface area contributed by atoms with Gasteiger partial charge in [0.1, 0.15) is 12.5 Å². The Kier molecular flexibility index (Phi) is 6.25. The summed E-state index contributed by atoms with van der Waals surface area (Å²) < 4.78 is 26.5. The summed E-state index contributed by atoms with van der Waals surface area (Å²) in [6, 6.07) is 3.09. The lowest BCUT2D eigenvalue weighted by molar-refractivity contribution is -0.148. The second-order valence-corrected chi connectivity index (χ2v) is 6.39. The van der Waals surface area contributed by atoms with Crippen molar-refractivity contribution in [2.75, 3.05) is 45.2 Å². The van der Waals surface area contributed by atoms with Crippen molar-refractivity contribution in [2.45, 2.75) is 6.42 Å². The van der Waals surface area contributed by atoms with Gasteiger partial charge in [-0.25, -0.2) is 8.78 Å². The Hall–Kier alpha value is -2.55. The van der Waals surface area contributed by atoms with Crippen LogP contribution in [0.3, 0.4) is 0 Å². The van der Waals surface area contributed by atoms with E-state index in [0.717, 1.165) is 17.0 Å². The average Bonchev–Trinajstić information content (AvgIpc) is 2.94. The number of carbonyl (C=O) groups is 3. The van der Waals surface area contributed by atoms with E-state index >= 15 is 0 Å². The number of nitrogens with zero attached hydrogens (tertiary/aromatic N) is 3. The lowest BCUT2D eigenvalue weighted by atomic mass is 10.1. The van der Waals surface area contributed by atoms with Gasteiger partial charge in [0.05, 0.1) is 0 Å². The minimum Gasteiger partial charge on any atom is -0.480 e. The van der Waals surface area contributed by atoms with Crippen LogP contribution >= 0.6 is 0 Å². The van der Waals surface area contributed by atoms with Gasteiger partial charge >= 0.3 is 5.97 Å². The fraction of sp³-hybridized carbons (Fsp3) is 0.471. The number of anilines is 1. The number of halogens is 2. The molecule has 7 nitrogen and oxygen atoms in total. The summed E-state index contributed by atoms with van der Waals surface area (Å²) in [6.45, 7) is 0.302. The molecule has 26 heavy (non-hydrogen) atoms. The average molecular weight is 369 g/mol. The molecule has 1 aliphatic rings. The number of carboxylic acid groups (broad SMARTS) is 1. The summed E-state index contributed by atoms with van der Waals surface area (Å²) in [5, 5.41) is 9.01. The number of hydrogen-bond acceptors (Lipinski definition) is 4. The Morgan fingerprint density at radius 2 is 1.92 bits per heavy atom. The van der Waals surface area contributed by atoms with Gasteiger partial charge in [0.15, 0.2) is 11.6 Å². The first-order valence-electron chi connectivity index (χ1n) is 8.12. The summed E-state index contributed by atoms with van der Waals surface area (Å²) in [7, 11) is 3.57. The second kappa shape index (κ2) is 8.22. The van der Waals surface area contributed by atoms with Crippen LogP contribution in [0, 0.1) is 17.6 Å². The van der Waals surface area contributed by atoms with E-state index in [0.29, 0.717) is 6.54 Å². The molecule has 0 aliphatic carbocycles. The molecule has 1 aliphatic heterocycles. The van der Waals surface area contributed by atoms with Crippen LogP contribution in [-0.2, 0) is 14.4 Å². The molecule has 0 unspecified atom stereocenters. The highest BCUT2D eigenvalue weighted by molar-refractivity contribution is 6.10. The molecule has 1 aromatic carbocycles. The van der Waals surface area contributed by atoms with E-state index in [1.807, 2.05) is 0 Å². The van der Waals surface area contributed by atoms with Crippen LogP contribution in [0.4, 0.5) is 14.5 Å². The third kappa shape index (κ3) is 4.54. The van der Waals surface area contributed by atoms with Crippen molar-refractivity contribution in [3.63, 3.8) is 0 Å². The van der Waals surface area contributed by atoms with Crippen molar-refractivity contribution in [3.8, 4) is 0 Å². The van der Waals surface area contributed by atoms with E-state index in [2.05, 4.69) is 0 Å². The van der Waals surface area contributed by atoms with E-state index in [1.165, 1.54) is 11.0 Å². The summed E-state index contributed by atoms with van der Waals surface area (Å²) >= 11 is 0. The monoisotopic (exact) mass is 369 g/mol. The van der Waals surface area contributed by atoms with E-state index < -0.39 is 41.9 Å². The number of carboxylic acids is 1.